The van der Waals surface area contributed by atoms with Crippen molar-refractivity contribution in [1.29, 1.82) is 0 Å². The van der Waals surface area contributed by atoms with Crippen molar-refractivity contribution in [2.24, 2.45) is 5.92 Å². The number of nitrogens with one attached hydrogen (secondary N) is 1. The van der Waals surface area contributed by atoms with Crippen LogP contribution in [-0.2, 0) is 16.4 Å². The van der Waals surface area contributed by atoms with Crippen LogP contribution in [0.1, 0.15) is 30.9 Å². The number of rotatable bonds is 3. The zero-order valence-electron chi connectivity index (χ0n) is 11.1. The zero-order chi connectivity index (χ0) is 13.3. The first-order valence-electron chi connectivity index (χ1n) is 7.05. The van der Waals surface area contributed by atoms with Gasteiger partial charge in [0.05, 0.1) is 17.8 Å². The molecular formula is C13H21N3O2S. The molecule has 3 heterocycles. The Hall–Kier alpha value is -0.880. The van der Waals surface area contributed by atoms with Crippen molar-refractivity contribution < 1.29 is 8.42 Å². The molecule has 2 aliphatic heterocycles. The molecule has 2 aliphatic rings. The monoisotopic (exact) mass is 283 g/mol. The van der Waals surface area contributed by atoms with Crippen LogP contribution >= 0.6 is 0 Å². The third-order valence-corrected chi connectivity index (χ3v) is 6.08. The zero-order valence-corrected chi connectivity index (χ0v) is 11.9. The Morgan fingerprint density at radius 3 is 3.00 bits per heavy atom. The molecule has 2 atom stereocenters. The Labute approximate surface area is 114 Å². The van der Waals surface area contributed by atoms with Crippen LogP contribution in [-0.4, -0.2) is 42.6 Å². The van der Waals surface area contributed by atoms with Gasteiger partial charge in [0.25, 0.3) is 0 Å². The van der Waals surface area contributed by atoms with Crippen LogP contribution in [0.25, 0.3) is 0 Å². The van der Waals surface area contributed by atoms with Gasteiger partial charge < -0.3 is 9.88 Å². The number of sulfone groups is 1. The molecule has 2 unspecified atom stereocenters. The largest absolute Gasteiger partial charge is 0.334 e. The van der Waals surface area contributed by atoms with Crippen molar-refractivity contribution in [3.63, 3.8) is 0 Å². The third kappa shape index (κ3) is 3.00. The molecule has 3 rings (SSSR count). The van der Waals surface area contributed by atoms with Gasteiger partial charge in [-0.3, -0.25) is 0 Å². The number of piperidine rings is 1. The Kier molecular flexibility index (Phi) is 3.62. The fourth-order valence-electron chi connectivity index (χ4n) is 3.22. The lowest BCUT2D eigenvalue weighted by Crippen LogP contribution is -2.30. The second-order valence-electron chi connectivity index (χ2n) is 5.78. The van der Waals surface area contributed by atoms with E-state index in [2.05, 4.69) is 14.9 Å². The molecule has 0 saturated carbocycles. The second-order valence-corrected chi connectivity index (χ2v) is 8.01. The predicted octanol–water partition coefficient (Wildman–Crippen LogP) is 0.785. The van der Waals surface area contributed by atoms with Gasteiger partial charge in [-0.15, -0.1) is 0 Å². The van der Waals surface area contributed by atoms with Crippen LogP contribution in [0, 0.1) is 5.92 Å². The Bertz CT molecular complexity index is 532. The molecule has 0 bridgehead atoms. The molecule has 6 heteroatoms. The lowest BCUT2D eigenvalue weighted by atomic mass is 9.96. The Morgan fingerprint density at radius 1 is 1.42 bits per heavy atom. The van der Waals surface area contributed by atoms with Crippen molar-refractivity contribution in [1.82, 2.24) is 14.9 Å². The SMILES string of the molecule is O=S1(=O)CCC(Cn2cncc2C2CCCNC2)C1. The molecule has 2 fully saturated rings. The predicted molar refractivity (Wildman–Crippen MR) is 73.8 cm³/mol. The van der Waals surface area contributed by atoms with E-state index in [-0.39, 0.29) is 5.92 Å². The van der Waals surface area contributed by atoms with Crippen molar-refractivity contribution in [3.8, 4) is 0 Å². The van der Waals surface area contributed by atoms with E-state index in [1.165, 1.54) is 18.5 Å². The molecule has 0 spiro atoms. The summed E-state index contributed by atoms with van der Waals surface area (Å²) >= 11 is 0. The van der Waals surface area contributed by atoms with Gasteiger partial charge in [-0.1, -0.05) is 0 Å². The van der Waals surface area contributed by atoms with E-state index in [1.807, 2.05) is 12.5 Å². The number of hydrogen-bond acceptors (Lipinski definition) is 4. The minimum absolute atomic E-state index is 0.259. The topological polar surface area (TPSA) is 64.0 Å². The quantitative estimate of drug-likeness (QED) is 0.890. The molecule has 1 aromatic rings. The Balaban J connectivity index is 1.70. The third-order valence-electron chi connectivity index (χ3n) is 4.24. The smallest absolute Gasteiger partial charge is 0.150 e. The van der Waals surface area contributed by atoms with Crippen molar-refractivity contribution in [2.75, 3.05) is 24.6 Å². The van der Waals surface area contributed by atoms with E-state index in [9.17, 15) is 8.42 Å². The molecule has 0 aliphatic carbocycles. The average molecular weight is 283 g/mol. The number of hydrogen-bond donors (Lipinski definition) is 1. The van der Waals surface area contributed by atoms with Gasteiger partial charge in [0.2, 0.25) is 0 Å². The summed E-state index contributed by atoms with van der Waals surface area (Å²) in [5.41, 5.74) is 1.26. The minimum atomic E-state index is -2.78. The fraction of sp³-hybridized carbons (Fsp3) is 0.769. The van der Waals surface area contributed by atoms with E-state index in [0.717, 1.165) is 26.1 Å². The van der Waals surface area contributed by atoms with Crippen LogP contribution in [0.4, 0.5) is 0 Å². The van der Waals surface area contributed by atoms with Crippen LogP contribution in [0.2, 0.25) is 0 Å². The van der Waals surface area contributed by atoms with Crippen molar-refractivity contribution in [2.45, 2.75) is 31.7 Å². The normalized spacial score (nSPS) is 30.5. The van der Waals surface area contributed by atoms with E-state index >= 15 is 0 Å². The van der Waals surface area contributed by atoms with Crippen LogP contribution in [0.5, 0.6) is 0 Å². The van der Waals surface area contributed by atoms with Crippen LogP contribution < -0.4 is 5.32 Å². The maximum absolute atomic E-state index is 11.5. The minimum Gasteiger partial charge on any atom is -0.334 e. The molecule has 106 valence electrons. The molecule has 1 N–H and O–H groups in total. The summed E-state index contributed by atoms with van der Waals surface area (Å²) in [4.78, 5) is 4.26. The summed E-state index contributed by atoms with van der Waals surface area (Å²) in [6.07, 6.45) is 6.99. The highest BCUT2D eigenvalue weighted by Gasteiger charge is 2.29. The molecule has 0 amide bonds. The van der Waals surface area contributed by atoms with Gasteiger partial charge in [0.1, 0.15) is 0 Å². The van der Waals surface area contributed by atoms with Gasteiger partial charge in [-0.2, -0.15) is 0 Å². The molecule has 1 aromatic heterocycles. The van der Waals surface area contributed by atoms with Crippen LogP contribution in [0.3, 0.4) is 0 Å². The fourth-order valence-corrected chi connectivity index (χ4v) is 5.07. The van der Waals surface area contributed by atoms with Crippen molar-refractivity contribution >= 4 is 9.84 Å². The van der Waals surface area contributed by atoms with E-state index in [0.29, 0.717) is 17.4 Å². The first kappa shape index (κ1) is 13.1. The second kappa shape index (κ2) is 5.25. The molecule has 0 radical (unpaired) electrons. The van der Waals surface area contributed by atoms with E-state index in [1.54, 1.807) is 0 Å². The lowest BCUT2D eigenvalue weighted by Gasteiger charge is -2.24. The van der Waals surface area contributed by atoms with Crippen molar-refractivity contribution in [3.05, 3.63) is 18.2 Å². The first-order valence-corrected chi connectivity index (χ1v) is 8.87. The van der Waals surface area contributed by atoms with E-state index < -0.39 is 9.84 Å². The first-order chi connectivity index (χ1) is 9.14. The maximum Gasteiger partial charge on any atom is 0.150 e. The maximum atomic E-state index is 11.5. The van der Waals surface area contributed by atoms with Gasteiger partial charge in [-0.05, 0) is 31.7 Å². The summed E-state index contributed by atoms with van der Waals surface area (Å²) in [5, 5.41) is 3.42. The molecule has 5 nitrogen and oxygen atoms in total. The summed E-state index contributed by atoms with van der Waals surface area (Å²) in [7, 11) is -2.78. The highest BCUT2D eigenvalue weighted by atomic mass is 32.2. The lowest BCUT2D eigenvalue weighted by molar-refractivity contribution is 0.419. The molecular weight excluding hydrogens is 262 g/mol. The highest BCUT2D eigenvalue weighted by Crippen LogP contribution is 2.26. The molecule has 19 heavy (non-hydrogen) atoms. The summed E-state index contributed by atoms with van der Waals surface area (Å²) in [6.45, 7) is 2.91. The highest BCUT2D eigenvalue weighted by molar-refractivity contribution is 7.91. The van der Waals surface area contributed by atoms with Gasteiger partial charge in [0, 0.05) is 30.9 Å². The summed E-state index contributed by atoms with van der Waals surface area (Å²) in [6, 6.07) is 0. The van der Waals surface area contributed by atoms with Gasteiger partial charge in [-0.25, -0.2) is 13.4 Å². The average Bonchev–Trinajstić information content (AvgIpc) is 2.98. The number of nitrogens with zero attached hydrogens (tertiary/aromatic N) is 2. The summed E-state index contributed by atoms with van der Waals surface area (Å²) < 4.78 is 25.2. The molecule has 0 aromatic carbocycles. The van der Waals surface area contributed by atoms with Gasteiger partial charge in [0.15, 0.2) is 9.84 Å². The summed E-state index contributed by atoms with van der Waals surface area (Å²) in [5.74, 6) is 1.48. The number of imidazole rings is 1. The molecule has 2 saturated heterocycles. The van der Waals surface area contributed by atoms with Crippen LogP contribution in [0.15, 0.2) is 12.5 Å². The van der Waals surface area contributed by atoms with Gasteiger partial charge >= 0.3 is 0 Å². The van der Waals surface area contributed by atoms with E-state index in [4.69, 9.17) is 0 Å². The number of aromatic nitrogens is 2. The Morgan fingerprint density at radius 2 is 2.32 bits per heavy atom. The standard InChI is InChI=1S/C13H21N3O2S/c17-19(18)5-3-11(9-19)8-16-10-15-7-13(16)12-2-1-4-14-6-12/h7,10-12,14H,1-6,8-9H2.